The number of carbonyl (C=O) groups excluding carboxylic acids is 1. The standard InChI is InChI=1S/C14H20N2O2/c15-8-7-12-5-1-2-9-16(12)14(18)11-4-3-6-13(17)10-11/h3-4,6,10,12,17H,1-2,5,7-9,15H2. The minimum atomic E-state index is 0.00375. The normalized spacial score (nSPS) is 19.8. The molecule has 1 aromatic rings. The number of rotatable bonds is 3. The van der Waals surface area contributed by atoms with Crippen molar-refractivity contribution in [1.29, 1.82) is 0 Å². The van der Waals surface area contributed by atoms with Gasteiger partial charge in [-0.15, -0.1) is 0 Å². The Kier molecular flexibility index (Phi) is 4.20. The Morgan fingerprint density at radius 2 is 2.28 bits per heavy atom. The Morgan fingerprint density at radius 3 is 3.00 bits per heavy atom. The van der Waals surface area contributed by atoms with Crippen molar-refractivity contribution >= 4 is 5.91 Å². The van der Waals surface area contributed by atoms with Crippen molar-refractivity contribution in [1.82, 2.24) is 4.90 Å². The second-order valence-electron chi connectivity index (χ2n) is 4.78. The molecule has 4 heteroatoms. The van der Waals surface area contributed by atoms with Crippen LogP contribution in [0.1, 0.15) is 36.0 Å². The molecule has 1 saturated heterocycles. The van der Waals surface area contributed by atoms with Crippen LogP contribution >= 0.6 is 0 Å². The zero-order valence-electron chi connectivity index (χ0n) is 10.5. The van der Waals surface area contributed by atoms with Crippen LogP contribution in [0.5, 0.6) is 5.75 Å². The van der Waals surface area contributed by atoms with Gasteiger partial charge in [-0.2, -0.15) is 0 Å². The highest BCUT2D eigenvalue weighted by Gasteiger charge is 2.26. The van der Waals surface area contributed by atoms with Crippen molar-refractivity contribution < 1.29 is 9.90 Å². The van der Waals surface area contributed by atoms with E-state index in [0.29, 0.717) is 12.1 Å². The molecule has 18 heavy (non-hydrogen) atoms. The zero-order chi connectivity index (χ0) is 13.0. The third-order valence-electron chi connectivity index (χ3n) is 3.48. The maximum absolute atomic E-state index is 12.4. The lowest BCUT2D eigenvalue weighted by Gasteiger charge is -2.35. The molecule has 3 N–H and O–H groups in total. The molecule has 0 spiro atoms. The van der Waals surface area contributed by atoms with E-state index >= 15 is 0 Å². The molecule has 0 radical (unpaired) electrons. The summed E-state index contributed by atoms with van der Waals surface area (Å²) in [6.07, 6.45) is 4.09. The molecule has 0 bridgehead atoms. The van der Waals surface area contributed by atoms with Gasteiger partial charge in [0.2, 0.25) is 0 Å². The summed E-state index contributed by atoms with van der Waals surface area (Å²) in [7, 11) is 0. The van der Waals surface area contributed by atoms with E-state index in [2.05, 4.69) is 0 Å². The monoisotopic (exact) mass is 248 g/mol. The van der Waals surface area contributed by atoms with Gasteiger partial charge >= 0.3 is 0 Å². The fourth-order valence-corrected chi connectivity index (χ4v) is 2.57. The van der Waals surface area contributed by atoms with Gasteiger partial charge in [-0.05, 0) is 50.4 Å². The molecule has 1 fully saturated rings. The SMILES string of the molecule is NCCC1CCCCN1C(=O)c1cccc(O)c1. The fraction of sp³-hybridized carbons (Fsp3) is 0.500. The average Bonchev–Trinajstić information content (AvgIpc) is 2.39. The predicted molar refractivity (Wildman–Crippen MR) is 70.5 cm³/mol. The first-order valence-electron chi connectivity index (χ1n) is 6.52. The van der Waals surface area contributed by atoms with Crippen molar-refractivity contribution in [2.45, 2.75) is 31.7 Å². The zero-order valence-corrected chi connectivity index (χ0v) is 10.5. The third kappa shape index (κ3) is 2.82. The Labute approximate surface area is 107 Å². The Balaban J connectivity index is 2.15. The average molecular weight is 248 g/mol. The molecule has 98 valence electrons. The maximum atomic E-state index is 12.4. The van der Waals surface area contributed by atoms with Crippen molar-refractivity contribution in [3.05, 3.63) is 29.8 Å². The van der Waals surface area contributed by atoms with Gasteiger partial charge in [-0.3, -0.25) is 4.79 Å². The van der Waals surface area contributed by atoms with Crippen LogP contribution in [0.25, 0.3) is 0 Å². The van der Waals surface area contributed by atoms with Crippen LogP contribution in [-0.4, -0.2) is 35.0 Å². The van der Waals surface area contributed by atoms with Crippen LogP contribution in [0.2, 0.25) is 0 Å². The molecule has 1 amide bonds. The summed E-state index contributed by atoms with van der Waals surface area (Å²) in [5, 5.41) is 9.44. The van der Waals surface area contributed by atoms with E-state index in [1.807, 2.05) is 4.90 Å². The van der Waals surface area contributed by atoms with Crippen molar-refractivity contribution in [2.24, 2.45) is 5.73 Å². The molecular formula is C14H20N2O2. The number of benzene rings is 1. The van der Waals surface area contributed by atoms with Crippen molar-refractivity contribution in [2.75, 3.05) is 13.1 Å². The Hall–Kier alpha value is -1.55. The van der Waals surface area contributed by atoms with Gasteiger partial charge in [-0.1, -0.05) is 6.07 Å². The number of nitrogens with zero attached hydrogens (tertiary/aromatic N) is 1. The molecule has 0 aromatic heterocycles. The molecule has 1 aliphatic rings. The number of phenolic OH excluding ortho intramolecular Hbond substituents is 1. The van der Waals surface area contributed by atoms with Gasteiger partial charge in [0.25, 0.3) is 5.91 Å². The molecule has 1 unspecified atom stereocenters. The van der Waals surface area contributed by atoms with Gasteiger partial charge < -0.3 is 15.7 Å². The van der Waals surface area contributed by atoms with Gasteiger partial charge in [0.05, 0.1) is 0 Å². The predicted octanol–water partition coefficient (Wildman–Crippen LogP) is 1.74. The van der Waals surface area contributed by atoms with Crippen LogP contribution in [0.3, 0.4) is 0 Å². The number of nitrogens with two attached hydrogens (primary N) is 1. The number of aromatic hydroxyl groups is 1. The van der Waals surface area contributed by atoms with Crippen LogP contribution in [0.15, 0.2) is 24.3 Å². The summed E-state index contributed by atoms with van der Waals surface area (Å²) < 4.78 is 0. The van der Waals surface area contributed by atoms with E-state index in [1.165, 1.54) is 6.07 Å². The summed E-state index contributed by atoms with van der Waals surface area (Å²) in [4.78, 5) is 14.3. The molecule has 1 aromatic carbocycles. The van der Waals surface area contributed by atoms with Crippen LogP contribution in [0, 0.1) is 0 Å². The number of likely N-dealkylation sites (tertiary alicyclic amines) is 1. The number of hydrogen-bond donors (Lipinski definition) is 2. The maximum Gasteiger partial charge on any atom is 0.254 e. The first kappa shape index (κ1) is 12.9. The largest absolute Gasteiger partial charge is 0.508 e. The highest BCUT2D eigenvalue weighted by molar-refractivity contribution is 5.94. The van der Waals surface area contributed by atoms with E-state index in [1.54, 1.807) is 18.2 Å². The minimum absolute atomic E-state index is 0.00375. The first-order chi connectivity index (χ1) is 8.72. The molecule has 4 nitrogen and oxygen atoms in total. The highest BCUT2D eigenvalue weighted by Crippen LogP contribution is 2.22. The van der Waals surface area contributed by atoms with Crippen molar-refractivity contribution in [3.63, 3.8) is 0 Å². The summed E-state index contributed by atoms with van der Waals surface area (Å²) in [5.41, 5.74) is 6.16. The lowest BCUT2D eigenvalue weighted by Crippen LogP contribution is -2.44. The molecule has 0 aliphatic carbocycles. The lowest BCUT2D eigenvalue weighted by atomic mass is 9.98. The molecule has 2 rings (SSSR count). The number of hydrogen-bond acceptors (Lipinski definition) is 3. The second-order valence-corrected chi connectivity index (χ2v) is 4.78. The smallest absolute Gasteiger partial charge is 0.254 e. The highest BCUT2D eigenvalue weighted by atomic mass is 16.3. The summed E-state index contributed by atoms with van der Waals surface area (Å²) in [5.74, 6) is 0.136. The van der Waals surface area contributed by atoms with Crippen LogP contribution in [0.4, 0.5) is 0 Å². The molecular weight excluding hydrogens is 228 g/mol. The van der Waals surface area contributed by atoms with Gasteiger partial charge in [0, 0.05) is 18.2 Å². The van der Waals surface area contributed by atoms with Gasteiger partial charge in [-0.25, -0.2) is 0 Å². The van der Waals surface area contributed by atoms with E-state index < -0.39 is 0 Å². The minimum Gasteiger partial charge on any atom is -0.508 e. The van der Waals surface area contributed by atoms with Gasteiger partial charge in [0.1, 0.15) is 5.75 Å². The van der Waals surface area contributed by atoms with E-state index in [0.717, 1.165) is 32.2 Å². The Bertz CT molecular complexity index is 418. The topological polar surface area (TPSA) is 66.6 Å². The lowest BCUT2D eigenvalue weighted by molar-refractivity contribution is 0.0604. The van der Waals surface area contributed by atoms with Crippen LogP contribution in [-0.2, 0) is 0 Å². The van der Waals surface area contributed by atoms with Gasteiger partial charge in [0.15, 0.2) is 0 Å². The van der Waals surface area contributed by atoms with Crippen molar-refractivity contribution in [3.8, 4) is 5.75 Å². The van der Waals surface area contributed by atoms with Crippen LogP contribution < -0.4 is 5.73 Å². The summed E-state index contributed by atoms with van der Waals surface area (Å²) in [6.45, 7) is 1.40. The molecule has 1 aliphatic heterocycles. The second kappa shape index (κ2) is 5.87. The number of carbonyl (C=O) groups is 1. The fourth-order valence-electron chi connectivity index (χ4n) is 2.57. The number of piperidine rings is 1. The molecule has 1 atom stereocenters. The number of amides is 1. The Morgan fingerprint density at radius 1 is 1.44 bits per heavy atom. The quantitative estimate of drug-likeness (QED) is 0.856. The first-order valence-corrected chi connectivity index (χ1v) is 6.52. The van der Waals surface area contributed by atoms with E-state index in [9.17, 15) is 9.90 Å². The summed E-state index contributed by atoms with van der Waals surface area (Å²) in [6, 6.07) is 6.79. The van der Waals surface area contributed by atoms with E-state index in [4.69, 9.17) is 5.73 Å². The summed E-state index contributed by atoms with van der Waals surface area (Å²) >= 11 is 0. The molecule has 0 saturated carbocycles. The third-order valence-corrected chi connectivity index (χ3v) is 3.48. The molecule has 1 heterocycles. The number of phenols is 1. The van der Waals surface area contributed by atoms with E-state index in [-0.39, 0.29) is 17.7 Å².